The second kappa shape index (κ2) is 5.67. The minimum Gasteiger partial charge on any atom is -0.354 e. The molecule has 0 unspecified atom stereocenters. The number of nitrogens with zero attached hydrogens (tertiary/aromatic N) is 2. The third-order valence-electron chi connectivity index (χ3n) is 2.94. The summed E-state index contributed by atoms with van der Waals surface area (Å²) >= 11 is 0. The van der Waals surface area contributed by atoms with Crippen LogP contribution in [-0.4, -0.2) is 29.3 Å². The highest BCUT2D eigenvalue weighted by Gasteiger charge is 2.10. The average molecular weight is 258 g/mol. The SMILES string of the molecule is CNC(=O)c1ccn(-c2ccc(C)cc2CCN)n1. The number of carbonyl (C=O) groups excluding carboxylic acids is 1. The molecule has 100 valence electrons. The zero-order valence-corrected chi connectivity index (χ0v) is 11.2. The maximum atomic E-state index is 11.5. The molecular weight excluding hydrogens is 240 g/mol. The van der Waals surface area contributed by atoms with Gasteiger partial charge in [-0.2, -0.15) is 5.10 Å². The second-order valence-corrected chi connectivity index (χ2v) is 4.40. The lowest BCUT2D eigenvalue weighted by molar-refractivity contribution is 0.0957. The smallest absolute Gasteiger partial charge is 0.271 e. The summed E-state index contributed by atoms with van der Waals surface area (Å²) in [5.74, 6) is -0.189. The van der Waals surface area contributed by atoms with Gasteiger partial charge in [-0.25, -0.2) is 4.68 Å². The average Bonchev–Trinajstić information content (AvgIpc) is 2.88. The Morgan fingerprint density at radius 1 is 1.42 bits per heavy atom. The van der Waals surface area contributed by atoms with Crippen LogP contribution in [0.3, 0.4) is 0 Å². The highest BCUT2D eigenvalue weighted by atomic mass is 16.1. The summed E-state index contributed by atoms with van der Waals surface area (Å²) < 4.78 is 1.72. The van der Waals surface area contributed by atoms with Gasteiger partial charge in [0, 0.05) is 13.2 Å². The molecule has 0 aliphatic heterocycles. The molecule has 5 heteroatoms. The third-order valence-corrected chi connectivity index (χ3v) is 2.94. The summed E-state index contributed by atoms with van der Waals surface area (Å²) in [5.41, 5.74) is 9.33. The predicted molar refractivity (Wildman–Crippen MR) is 74.4 cm³/mol. The molecule has 5 nitrogen and oxygen atoms in total. The van der Waals surface area contributed by atoms with Crippen LogP contribution >= 0.6 is 0 Å². The lowest BCUT2D eigenvalue weighted by Gasteiger charge is -2.09. The summed E-state index contributed by atoms with van der Waals surface area (Å²) in [7, 11) is 1.59. The molecule has 0 radical (unpaired) electrons. The van der Waals surface area contributed by atoms with Gasteiger partial charge in [-0.3, -0.25) is 4.79 Å². The van der Waals surface area contributed by atoms with Crippen molar-refractivity contribution >= 4 is 5.91 Å². The number of amides is 1. The van der Waals surface area contributed by atoms with Crippen LogP contribution in [0.4, 0.5) is 0 Å². The summed E-state index contributed by atoms with van der Waals surface area (Å²) in [6, 6.07) is 7.83. The van der Waals surface area contributed by atoms with E-state index in [0.717, 1.165) is 17.7 Å². The van der Waals surface area contributed by atoms with E-state index in [4.69, 9.17) is 5.73 Å². The standard InChI is InChI=1S/C14H18N4O/c1-10-3-4-13(11(9-10)5-7-15)18-8-6-12(17-18)14(19)16-2/h3-4,6,8-9H,5,7,15H2,1-2H3,(H,16,19). The lowest BCUT2D eigenvalue weighted by atomic mass is 10.1. The van der Waals surface area contributed by atoms with Crippen LogP contribution < -0.4 is 11.1 Å². The van der Waals surface area contributed by atoms with E-state index in [-0.39, 0.29) is 5.91 Å². The predicted octanol–water partition coefficient (Wildman–Crippen LogP) is 1.04. The molecule has 0 bridgehead atoms. The van der Waals surface area contributed by atoms with Gasteiger partial charge in [-0.1, -0.05) is 17.7 Å². The number of carbonyl (C=O) groups is 1. The van der Waals surface area contributed by atoms with Gasteiger partial charge in [-0.15, -0.1) is 0 Å². The number of hydrogen-bond acceptors (Lipinski definition) is 3. The van der Waals surface area contributed by atoms with E-state index < -0.39 is 0 Å². The van der Waals surface area contributed by atoms with Crippen molar-refractivity contribution in [3.8, 4) is 5.69 Å². The molecule has 0 aliphatic carbocycles. The Balaban J connectivity index is 2.40. The van der Waals surface area contributed by atoms with Gasteiger partial charge in [0.2, 0.25) is 0 Å². The minimum absolute atomic E-state index is 0.189. The molecule has 1 aromatic heterocycles. The van der Waals surface area contributed by atoms with E-state index in [1.54, 1.807) is 24.0 Å². The van der Waals surface area contributed by atoms with E-state index in [1.165, 1.54) is 5.56 Å². The Morgan fingerprint density at radius 2 is 2.21 bits per heavy atom. The van der Waals surface area contributed by atoms with Crippen LogP contribution in [0, 0.1) is 6.92 Å². The number of benzene rings is 1. The van der Waals surface area contributed by atoms with E-state index >= 15 is 0 Å². The molecule has 3 N–H and O–H groups in total. The maximum Gasteiger partial charge on any atom is 0.271 e. The van der Waals surface area contributed by atoms with Crippen LogP contribution in [0.1, 0.15) is 21.6 Å². The fourth-order valence-electron chi connectivity index (χ4n) is 2.00. The number of aryl methyl sites for hydroxylation is 1. The highest BCUT2D eigenvalue weighted by molar-refractivity contribution is 5.91. The number of nitrogens with two attached hydrogens (primary N) is 1. The maximum absolute atomic E-state index is 11.5. The van der Waals surface area contributed by atoms with Crippen LogP contribution in [-0.2, 0) is 6.42 Å². The van der Waals surface area contributed by atoms with E-state index in [9.17, 15) is 4.79 Å². The van der Waals surface area contributed by atoms with Crippen molar-refractivity contribution in [3.05, 3.63) is 47.3 Å². The summed E-state index contributed by atoms with van der Waals surface area (Å²) in [6.07, 6.45) is 2.57. The number of nitrogens with one attached hydrogen (secondary N) is 1. The highest BCUT2D eigenvalue weighted by Crippen LogP contribution is 2.16. The van der Waals surface area contributed by atoms with Crippen LogP contribution in [0.25, 0.3) is 5.69 Å². The zero-order valence-electron chi connectivity index (χ0n) is 11.2. The topological polar surface area (TPSA) is 72.9 Å². The number of hydrogen-bond donors (Lipinski definition) is 2. The van der Waals surface area contributed by atoms with Gasteiger partial charge in [0.25, 0.3) is 5.91 Å². The van der Waals surface area contributed by atoms with E-state index in [1.807, 2.05) is 19.1 Å². The number of rotatable bonds is 4. The quantitative estimate of drug-likeness (QED) is 0.860. The van der Waals surface area contributed by atoms with Gasteiger partial charge >= 0.3 is 0 Å². The zero-order chi connectivity index (χ0) is 13.8. The van der Waals surface area contributed by atoms with Crippen molar-refractivity contribution < 1.29 is 4.79 Å². The molecule has 0 saturated heterocycles. The van der Waals surface area contributed by atoms with Crippen molar-refractivity contribution in [1.82, 2.24) is 15.1 Å². The Morgan fingerprint density at radius 3 is 2.89 bits per heavy atom. The Labute approximate surface area is 112 Å². The van der Waals surface area contributed by atoms with Gasteiger partial charge in [0.1, 0.15) is 0 Å². The minimum atomic E-state index is -0.189. The first-order chi connectivity index (χ1) is 9.15. The van der Waals surface area contributed by atoms with Crippen molar-refractivity contribution in [3.63, 3.8) is 0 Å². The number of aromatic nitrogens is 2. The van der Waals surface area contributed by atoms with Crippen LogP contribution in [0.5, 0.6) is 0 Å². The molecule has 2 rings (SSSR count). The Kier molecular flexibility index (Phi) is 3.97. The van der Waals surface area contributed by atoms with E-state index in [2.05, 4.69) is 16.5 Å². The molecule has 0 aliphatic rings. The lowest BCUT2D eigenvalue weighted by Crippen LogP contribution is -2.18. The molecule has 0 fully saturated rings. The monoisotopic (exact) mass is 258 g/mol. The second-order valence-electron chi connectivity index (χ2n) is 4.40. The Hall–Kier alpha value is -2.14. The van der Waals surface area contributed by atoms with Gasteiger partial charge in [0.15, 0.2) is 5.69 Å². The van der Waals surface area contributed by atoms with Crippen molar-refractivity contribution in [2.45, 2.75) is 13.3 Å². The first-order valence-electron chi connectivity index (χ1n) is 6.23. The summed E-state index contributed by atoms with van der Waals surface area (Å²) in [6.45, 7) is 2.63. The van der Waals surface area contributed by atoms with Gasteiger partial charge in [-0.05, 0) is 37.6 Å². The fourth-order valence-corrected chi connectivity index (χ4v) is 2.00. The molecule has 1 heterocycles. The summed E-state index contributed by atoms with van der Waals surface area (Å²) in [4.78, 5) is 11.5. The van der Waals surface area contributed by atoms with Crippen molar-refractivity contribution in [2.24, 2.45) is 5.73 Å². The molecule has 0 atom stereocenters. The molecular formula is C14H18N4O. The summed E-state index contributed by atoms with van der Waals surface area (Å²) in [5, 5.41) is 6.85. The molecule has 2 aromatic rings. The fraction of sp³-hybridized carbons (Fsp3) is 0.286. The molecule has 1 amide bonds. The van der Waals surface area contributed by atoms with Gasteiger partial charge in [0.05, 0.1) is 5.69 Å². The van der Waals surface area contributed by atoms with Crippen molar-refractivity contribution in [2.75, 3.05) is 13.6 Å². The largest absolute Gasteiger partial charge is 0.354 e. The molecule has 0 saturated carbocycles. The molecule has 19 heavy (non-hydrogen) atoms. The van der Waals surface area contributed by atoms with Crippen LogP contribution in [0.15, 0.2) is 30.5 Å². The molecule has 1 aromatic carbocycles. The first-order valence-corrected chi connectivity index (χ1v) is 6.23. The third kappa shape index (κ3) is 2.82. The van der Waals surface area contributed by atoms with Crippen molar-refractivity contribution in [1.29, 1.82) is 0 Å². The normalized spacial score (nSPS) is 10.5. The Bertz CT molecular complexity index is 589. The van der Waals surface area contributed by atoms with Gasteiger partial charge < -0.3 is 11.1 Å². The van der Waals surface area contributed by atoms with Crippen LogP contribution in [0.2, 0.25) is 0 Å². The first kappa shape index (κ1) is 13.3. The molecule has 0 spiro atoms. The van der Waals surface area contributed by atoms with E-state index in [0.29, 0.717) is 12.2 Å².